The van der Waals surface area contributed by atoms with Crippen molar-refractivity contribution in [3.8, 4) is 10.6 Å². The predicted octanol–water partition coefficient (Wildman–Crippen LogP) is 3.47. The summed E-state index contributed by atoms with van der Waals surface area (Å²) in [4.78, 5) is 12.6. The van der Waals surface area contributed by atoms with Gasteiger partial charge >= 0.3 is 5.97 Å². The minimum absolute atomic E-state index is 0.314. The Labute approximate surface area is 114 Å². The van der Waals surface area contributed by atoms with E-state index in [4.69, 9.17) is 4.74 Å². The van der Waals surface area contributed by atoms with Gasteiger partial charge in [0.2, 0.25) is 0 Å². The van der Waals surface area contributed by atoms with Gasteiger partial charge in [-0.1, -0.05) is 18.2 Å². The van der Waals surface area contributed by atoms with Crippen molar-refractivity contribution < 1.29 is 9.53 Å². The molecule has 0 saturated heterocycles. The quantitative estimate of drug-likeness (QED) is 0.743. The fourth-order valence-electron chi connectivity index (χ4n) is 1.87. The Morgan fingerprint density at radius 2 is 2.21 bits per heavy atom. The molecule has 0 aliphatic rings. The molecule has 0 atom stereocenters. The first kappa shape index (κ1) is 11.9. The molecule has 0 radical (unpaired) electrons. The van der Waals surface area contributed by atoms with Crippen LogP contribution in [0.5, 0.6) is 0 Å². The third-order valence-electron chi connectivity index (χ3n) is 2.75. The summed E-state index contributed by atoms with van der Waals surface area (Å²) in [6.07, 6.45) is 0. The van der Waals surface area contributed by atoms with E-state index in [0.717, 1.165) is 10.6 Å². The van der Waals surface area contributed by atoms with Gasteiger partial charge in [0, 0.05) is 4.70 Å². The van der Waals surface area contributed by atoms with Crippen LogP contribution in [-0.4, -0.2) is 22.8 Å². The lowest BCUT2D eigenvalue weighted by molar-refractivity contribution is 0.0519. The van der Waals surface area contributed by atoms with Gasteiger partial charge in [0.15, 0.2) is 5.69 Å². The van der Waals surface area contributed by atoms with Crippen molar-refractivity contribution in [3.63, 3.8) is 0 Å². The number of aromatic amines is 1. The Kier molecular flexibility index (Phi) is 3.05. The van der Waals surface area contributed by atoms with E-state index in [9.17, 15) is 4.79 Å². The number of esters is 1. The summed E-state index contributed by atoms with van der Waals surface area (Å²) in [6.45, 7) is 2.13. The van der Waals surface area contributed by atoms with Gasteiger partial charge in [-0.2, -0.15) is 5.10 Å². The van der Waals surface area contributed by atoms with Gasteiger partial charge in [0.1, 0.15) is 0 Å². The van der Waals surface area contributed by atoms with Gasteiger partial charge in [-0.05, 0) is 30.5 Å². The molecule has 1 N–H and O–H groups in total. The average molecular weight is 272 g/mol. The summed E-state index contributed by atoms with van der Waals surface area (Å²) in [5.74, 6) is -0.397. The number of aromatic nitrogens is 2. The highest BCUT2D eigenvalue weighted by molar-refractivity contribution is 7.22. The summed E-state index contributed by atoms with van der Waals surface area (Å²) in [5.41, 5.74) is 1.15. The minimum Gasteiger partial charge on any atom is -0.461 e. The molecule has 3 rings (SSSR count). The lowest BCUT2D eigenvalue weighted by Gasteiger charge is -1.95. The minimum atomic E-state index is -0.397. The van der Waals surface area contributed by atoms with Gasteiger partial charge in [0.05, 0.1) is 17.2 Å². The molecule has 0 bridgehead atoms. The first-order valence-electron chi connectivity index (χ1n) is 5.99. The molecule has 1 aromatic carbocycles. The van der Waals surface area contributed by atoms with Crippen LogP contribution in [0.1, 0.15) is 17.4 Å². The Bertz CT molecular complexity index is 697. The zero-order chi connectivity index (χ0) is 13.2. The van der Waals surface area contributed by atoms with Crippen LogP contribution in [0, 0.1) is 0 Å². The second-order valence-electron chi connectivity index (χ2n) is 4.04. The van der Waals surface area contributed by atoms with Crippen LogP contribution < -0.4 is 0 Å². The molecule has 0 unspecified atom stereocenters. The molecule has 0 saturated carbocycles. The van der Waals surface area contributed by atoms with E-state index in [0.29, 0.717) is 12.3 Å². The lowest BCUT2D eigenvalue weighted by atomic mass is 10.2. The summed E-state index contributed by atoms with van der Waals surface area (Å²) < 4.78 is 6.13. The van der Waals surface area contributed by atoms with E-state index in [2.05, 4.69) is 28.4 Å². The maximum Gasteiger partial charge on any atom is 0.358 e. The Morgan fingerprint density at radius 1 is 1.37 bits per heavy atom. The topological polar surface area (TPSA) is 55.0 Å². The van der Waals surface area contributed by atoms with Crippen molar-refractivity contribution >= 4 is 27.4 Å². The van der Waals surface area contributed by atoms with Crippen molar-refractivity contribution in [2.75, 3.05) is 6.61 Å². The summed E-state index contributed by atoms with van der Waals surface area (Å²) >= 11 is 1.67. The maximum atomic E-state index is 11.6. The number of carbonyl (C=O) groups excluding carboxylic acids is 1. The van der Waals surface area contributed by atoms with Crippen molar-refractivity contribution in [3.05, 3.63) is 42.1 Å². The van der Waals surface area contributed by atoms with Crippen LogP contribution in [-0.2, 0) is 4.74 Å². The molecule has 3 aromatic rings. The van der Waals surface area contributed by atoms with Gasteiger partial charge in [-0.3, -0.25) is 5.10 Å². The molecule has 0 amide bonds. The fraction of sp³-hybridized carbons (Fsp3) is 0.143. The number of benzene rings is 1. The fourth-order valence-corrected chi connectivity index (χ4v) is 2.90. The molecule has 5 heteroatoms. The molecule has 0 spiro atoms. The van der Waals surface area contributed by atoms with Crippen LogP contribution in [0.2, 0.25) is 0 Å². The van der Waals surface area contributed by atoms with Crippen molar-refractivity contribution in [2.24, 2.45) is 0 Å². The van der Waals surface area contributed by atoms with Gasteiger partial charge < -0.3 is 4.74 Å². The molecule has 96 valence electrons. The van der Waals surface area contributed by atoms with Crippen LogP contribution in [0.25, 0.3) is 20.7 Å². The number of carbonyl (C=O) groups is 1. The highest BCUT2D eigenvalue weighted by Crippen LogP contribution is 2.32. The van der Waals surface area contributed by atoms with E-state index in [1.165, 1.54) is 10.1 Å². The van der Waals surface area contributed by atoms with E-state index in [1.54, 1.807) is 24.3 Å². The third-order valence-corrected chi connectivity index (χ3v) is 3.90. The van der Waals surface area contributed by atoms with E-state index < -0.39 is 5.97 Å². The number of H-pyrrole nitrogens is 1. The smallest absolute Gasteiger partial charge is 0.358 e. The predicted molar refractivity (Wildman–Crippen MR) is 75.4 cm³/mol. The first-order chi connectivity index (χ1) is 9.28. The number of hydrogen-bond acceptors (Lipinski definition) is 4. The third kappa shape index (κ3) is 2.24. The Balaban J connectivity index is 1.96. The first-order valence-corrected chi connectivity index (χ1v) is 6.81. The van der Waals surface area contributed by atoms with Gasteiger partial charge in [-0.15, -0.1) is 11.3 Å². The Morgan fingerprint density at radius 3 is 3.00 bits per heavy atom. The van der Waals surface area contributed by atoms with Gasteiger partial charge in [0.25, 0.3) is 0 Å². The lowest BCUT2D eigenvalue weighted by Crippen LogP contribution is -2.04. The SMILES string of the molecule is CCOC(=O)c1cc(-c2cc3ccccc3s2)[nH]n1. The number of nitrogens with zero attached hydrogens (tertiary/aromatic N) is 1. The number of nitrogens with one attached hydrogen (secondary N) is 1. The number of fused-ring (bicyclic) bond motifs is 1. The zero-order valence-corrected chi connectivity index (χ0v) is 11.2. The highest BCUT2D eigenvalue weighted by atomic mass is 32.1. The molecule has 2 heterocycles. The molecular formula is C14H12N2O2S. The number of thiophene rings is 1. The molecule has 2 aromatic heterocycles. The van der Waals surface area contributed by atoms with Crippen molar-refractivity contribution in [2.45, 2.75) is 6.92 Å². The van der Waals surface area contributed by atoms with Crippen LogP contribution in [0.4, 0.5) is 0 Å². The maximum absolute atomic E-state index is 11.6. The van der Waals surface area contributed by atoms with E-state index >= 15 is 0 Å². The summed E-state index contributed by atoms with van der Waals surface area (Å²) in [6, 6.07) is 12.0. The normalized spacial score (nSPS) is 10.8. The van der Waals surface area contributed by atoms with Crippen molar-refractivity contribution in [1.82, 2.24) is 10.2 Å². The standard InChI is InChI=1S/C14H12N2O2S/c1-2-18-14(17)11-8-10(15-16-11)13-7-9-5-3-4-6-12(9)19-13/h3-8H,2H2,1H3,(H,15,16). The van der Waals surface area contributed by atoms with E-state index in [-0.39, 0.29) is 0 Å². The number of ether oxygens (including phenoxy) is 1. The largest absolute Gasteiger partial charge is 0.461 e. The number of rotatable bonds is 3. The van der Waals surface area contributed by atoms with Crippen LogP contribution >= 0.6 is 11.3 Å². The second kappa shape index (κ2) is 4.85. The van der Waals surface area contributed by atoms with Crippen LogP contribution in [0.3, 0.4) is 0 Å². The summed E-state index contributed by atoms with van der Waals surface area (Å²) in [5, 5.41) is 8.06. The zero-order valence-electron chi connectivity index (χ0n) is 10.3. The van der Waals surface area contributed by atoms with Crippen molar-refractivity contribution in [1.29, 1.82) is 0 Å². The molecule has 4 nitrogen and oxygen atoms in total. The second-order valence-corrected chi connectivity index (χ2v) is 5.12. The van der Waals surface area contributed by atoms with Crippen LogP contribution in [0.15, 0.2) is 36.4 Å². The number of hydrogen-bond donors (Lipinski definition) is 1. The highest BCUT2D eigenvalue weighted by Gasteiger charge is 2.13. The molecule has 0 fully saturated rings. The van der Waals surface area contributed by atoms with Gasteiger partial charge in [-0.25, -0.2) is 4.79 Å². The Hall–Kier alpha value is -2.14. The molecule has 19 heavy (non-hydrogen) atoms. The molecule has 0 aliphatic heterocycles. The molecular weight excluding hydrogens is 260 g/mol. The monoisotopic (exact) mass is 272 g/mol. The average Bonchev–Trinajstić information content (AvgIpc) is 3.05. The molecule has 0 aliphatic carbocycles. The summed E-state index contributed by atoms with van der Waals surface area (Å²) in [7, 11) is 0. The van der Waals surface area contributed by atoms with E-state index in [1.807, 2.05) is 12.1 Å².